The van der Waals surface area contributed by atoms with Crippen LogP contribution in [0.25, 0.3) is 0 Å². The summed E-state index contributed by atoms with van der Waals surface area (Å²) in [6.07, 6.45) is 8.41. The van der Waals surface area contributed by atoms with E-state index in [1.165, 1.54) is 18.5 Å². The van der Waals surface area contributed by atoms with Gasteiger partial charge in [-0.15, -0.1) is 0 Å². The summed E-state index contributed by atoms with van der Waals surface area (Å²) in [5.74, 6) is 0.673. The number of aromatic nitrogens is 2. The van der Waals surface area contributed by atoms with Crippen LogP contribution in [0, 0.1) is 5.92 Å². The summed E-state index contributed by atoms with van der Waals surface area (Å²) in [5.41, 5.74) is 1.29. The quantitative estimate of drug-likeness (QED) is 0.782. The van der Waals surface area contributed by atoms with Crippen molar-refractivity contribution in [2.24, 2.45) is 5.92 Å². The van der Waals surface area contributed by atoms with Crippen molar-refractivity contribution in [1.82, 2.24) is 14.9 Å². The monoisotopic (exact) mass is 221 g/mol. The zero-order valence-corrected chi connectivity index (χ0v) is 9.47. The zero-order chi connectivity index (χ0) is 11.0. The first-order valence-corrected chi connectivity index (χ1v) is 6.22. The number of nitrogens with zero attached hydrogens (tertiary/aromatic N) is 2. The highest BCUT2D eigenvalue weighted by molar-refractivity contribution is 5.03. The van der Waals surface area contributed by atoms with Gasteiger partial charge in [-0.1, -0.05) is 0 Å². The van der Waals surface area contributed by atoms with E-state index in [2.05, 4.69) is 14.9 Å². The Hall–Kier alpha value is -0.870. The van der Waals surface area contributed by atoms with E-state index in [-0.39, 0.29) is 6.10 Å². The van der Waals surface area contributed by atoms with E-state index in [4.69, 9.17) is 0 Å². The predicted octanol–water partition coefficient (Wildman–Crippen LogP) is 1.08. The molecule has 1 aromatic heterocycles. The fourth-order valence-electron chi connectivity index (χ4n) is 2.42. The van der Waals surface area contributed by atoms with E-state index in [0.717, 1.165) is 25.9 Å². The topological polar surface area (TPSA) is 50.1 Å². The Morgan fingerprint density at radius 3 is 2.94 bits per heavy atom. The van der Waals surface area contributed by atoms with Crippen LogP contribution in [-0.4, -0.2) is 27.3 Å². The normalized spacial score (nSPS) is 29.1. The second-order valence-electron chi connectivity index (χ2n) is 5.15. The summed E-state index contributed by atoms with van der Waals surface area (Å²) in [4.78, 5) is 4.21. The first kappa shape index (κ1) is 10.3. The molecule has 88 valence electrons. The summed E-state index contributed by atoms with van der Waals surface area (Å²) in [7, 11) is 0. The highest BCUT2D eigenvalue weighted by Crippen LogP contribution is 2.35. The Kier molecular flexibility index (Phi) is 2.69. The van der Waals surface area contributed by atoms with Gasteiger partial charge >= 0.3 is 0 Å². The highest BCUT2D eigenvalue weighted by atomic mass is 16.3. The van der Waals surface area contributed by atoms with Crippen molar-refractivity contribution in [3.05, 3.63) is 18.2 Å². The van der Waals surface area contributed by atoms with Crippen LogP contribution in [0.2, 0.25) is 0 Å². The van der Waals surface area contributed by atoms with Gasteiger partial charge in [-0.05, 0) is 38.1 Å². The van der Waals surface area contributed by atoms with Crippen LogP contribution >= 0.6 is 0 Å². The number of imidazole rings is 1. The number of hydrogen-bond acceptors (Lipinski definition) is 3. The summed E-state index contributed by atoms with van der Waals surface area (Å²) in [6.45, 7) is 1.93. The zero-order valence-electron chi connectivity index (χ0n) is 9.47. The van der Waals surface area contributed by atoms with Gasteiger partial charge in [0.1, 0.15) is 0 Å². The van der Waals surface area contributed by atoms with Crippen LogP contribution in [0.15, 0.2) is 12.5 Å². The van der Waals surface area contributed by atoms with Crippen molar-refractivity contribution in [2.45, 2.75) is 44.4 Å². The fraction of sp³-hybridized carbons (Fsp3) is 0.750. The number of rotatable bonds is 5. The van der Waals surface area contributed by atoms with Crippen molar-refractivity contribution < 1.29 is 5.11 Å². The molecule has 1 heterocycles. The Balaban J connectivity index is 1.45. The Morgan fingerprint density at radius 1 is 1.44 bits per heavy atom. The van der Waals surface area contributed by atoms with E-state index >= 15 is 0 Å². The van der Waals surface area contributed by atoms with Crippen molar-refractivity contribution in [3.8, 4) is 0 Å². The lowest BCUT2D eigenvalue weighted by atomic mass is 9.82. The molecule has 2 saturated carbocycles. The number of aliphatic hydroxyl groups is 1. The summed E-state index contributed by atoms with van der Waals surface area (Å²) >= 11 is 0. The van der Waals surface area contributed by atoms with E-state index in [9.17, 15) is 5.11 Å². The standard InChI is InChI=1S/C12H19N3O/c16-12-3-9(4-12)5-13-6-11-7-14-8-15(11)10-1-2-10/h7-10,12-13,16H,1-6H2. The number of nitrogens with one attached hydrogen (secondary N) is 1. The molecule has 2 N–H and O–H groups in total. The van der Waals surface area contributed by atoms with Gasteiger partial charge in [0, 0.05) is 18.8 Å². The third-order valence-electron chi connectivity index (χ3n) is 3.64. The van der Waals surface area contributed by atoms with Crippen molar-refractivity contribution in [1.29, 1.82) is 0 Å². The average Bonchev–Trinajstić information content (AvgIpc) is 2.97. The van der Waals surface area contributed by atoms with Gasteiger partial charge in [0.15, 0.2) is 0 Å². The molecule has 4 heteroatoms. The molecule has 2 aliphatic carbocycles. The molecule has 0 bridgehead atoms. The van der Waals surface area contributed by atoms with Crippen LogP contribution in [-0.2, 0) is 6.54 Å². The lowest BCUT2D eigenvalue weighted by Gasteiger charge is -2.31. The Morgan fingerprint density at radius 2 is 2.25 bits per heavy atom. The predicted molar refractivity (Wildman–Crippen MR) is 60.9 cm³/mol. The molecule has 0 aromatic carbocycles. The SMILES string of the molecule is OC1CC(CNCc2cncn2C2CC2)C1. The minimum absolute atomic E-state index is 0.0382. The van der Waals surface area contributed by atoms with Gasteiger partial charge in [-0.25, -0.2) is 4.98 Å². The van der Waals surface area contributed by atoms with Crippen LogP contribution in [0.3, 0.4) is 0 Å². The molecule has 0 amide bonds. The maximum Gasteiger partial charge on any atom is 0.0951 e. The molecule has 1 aromatic rings. The second-order valence-corrected chi connectivity index (χ2v) is 5.15. The molecule has 16 heavy (non-hydrogen) atoms. The molecule has 4 nitrogen and oxygen atoms in total. The highest BCUT2D eigenvalue weighted by Gasteiger charge is 2.27. The van der Waals surface area contributed by atoms with Crippen molar-refractivity contribution in [3.63, 3.8) is 0 Å². The molecular weight excluding hydrogens is 202 g/mol. The van der Waals surface area contributed by atoms with Crippen LogP contribution in [0.4, 0.5) is 0 Å². The van der Waals surface area contributed by atoms with E-state index in [1.54, 1.807) is 0 Å². The first-order valence-electron chi connectivity index (χ1n) is 6.22. The van der Waals surface area contributed by atoms with Crippen molar-refractivity contribution >= 4 is 0 Å². The lowest BCUT2D eigenvalue weighted by molar-refractivity contribution is 0.0429. The Labute approximate surface area is 95.7 Å². The molecule has 3 rings (SSSR count). The van der Waals surface area contributed by atoms with Crippen LogP contribution < -0.4 is 5.32 Å². The maximum absolute atomic E-state index is 9.18. The lowest BCUT2D eigenvalue weighted by Crippen LogP contribution is -2.36. The van der Waals surface area contributed by atoms with Gasteiger partial charge < -0.3 is 15.0 Å². The molecule has 0 unspecified atom stereocenters. The molecular formula is C12H19N3O. The third-order valence-corrected chi connectivity index (χ3v) is 3.64. The van der Waals surface area contributed by atoms with Gasteiger partial charge in [0.25, 0.3) is 0 Å². The number of hydrogen-bond donors (Lipinski definition) is 2. The Bertz CT molecular complexity index is 353. The van der Waals surface area contributed by atoms with Crippen molar-refractivity contribution in [2.75, 3.05) is 6.54 Å². The molecule has 2 aliphatic rings. The fourth-order valence-corrected chi connectivity index (χ4v) is 2.42. The molecule has 0 radical (unpaired) electrons. The summed E-state index contributed by atoms with van der Waals surface area (Å²) < 4.78 is 2.29. The molecule has 0 saturated heterocycles. The smallest absolute Gasteiger partial charge is 0.0951 e. The van der Waals surface area contributed by atoms with Gasteiger partial charge in [-0.3, -0.25) is 0 Å². The van der Waals surface area contributed by atoms with Crippen LogP contribution in [0.1, 0.15) is 37.4 Å². The summed E-state index contributed by atoms with van der Waals surface area (Å²) in [5, 5.41) is 12.6. The minimum Gasteiger partial charge on any atom is -0.393 e. The molecule has 0 atom stereocenters. The largest absolute Gasteiger partial charge is 0.393 e. The van der Waals surface area contributed by atoms with E-state index in [0.29, 0.717) is 12.0 Å². The second kappa shape index (κ2) is 4.18. The molecule has 2 fully saturated rings. The maximum atomic E-state index is 9.18. The summed E-state index contributed by atoms with van der Waals surface area (Å²) in [6, 6.07) is 0.713. The van der Waals surface area contributed by atoms with E-state index in [1.807, 2.05) is 12.5 Å². The first-order chi connectivity index (χ1) is 7.83. The van der Waals surface area contributed by atoms with Gasteiger partial charge in [0.05, 0.1) is 18.1 Å². The number of aliphatic hydroxyl groups excluding tert-OH is 1. The third kappa shape index (κ3) is 2.13. The molecule has 0 aliphatic heterocycles. The van der Waals surface area contributed by atoms with Gasteiger partial charge in [0.2, 0.25) is 0 Å². The molecule has 0 spiro atoms. The average molecular weight is 221 g/mol. The van der Waals surface area contributed by atoms with Gasteiger partial charge in [-0.2, -0.15) is 0 Å². The van der Waals surface area contributed by atoms with E-state index < -0.39 is 0 Å². The minimum atomic E-state index is -0.0382. The van der Waals surface area contributed by atoms with Crippen LogP contribution in [0.5, 0.6) is 0 Å².